The van der Waals surface area contributed by atoms with Crippen LogP contribution in [0.4, 0.5) is 0 Å². The molecule has 77 valence electrons. The van der Waals surface area contributed by atoms with E-state index in [1.54, 1.807) is 20.3 Å². The summed E-state index contributed by atoms with van der Waals surface area (Å²) >= 11 is 0. The fourth-order valence-electron chi connectivity index (χ4n) is 1.44. The first kappa shape index (κ1) is 10.9. The maximum atomic E-state index is 5.32. The van der Waals surface area contributed by atoms with Crippen LogP contribution in [0.2, 0.25) is 0 Å². The van der Waals surface area contributed by atoms with Crippen LogP contribution in [0.15, 0.2) is 12.1 Å². The molecule has 1 rings (SSSR count). The molecule has 0 aliphatic carbocycles. The molecule has 1 aromatic rings. The summed E-state index contributed by atoms with van der Waals surface area (Å²) in [4.78, 5) is 0. The molecule has 0 bridgehead atoms. The molecule has 2 heteroatoms. The van der Waals surface area contributed by atoms with Gasteiger partial charge < -0.3 is 9.47 Å². The lowest BCUT2D eigenvalue weighted by Gasteiger charge is -2.11. The van der Waals surface area contributed by atoms with Crippen molar-refractivity contribution in [2.24, 2.45) is 0 Å². The predicted molar refractivity (Wildman–Crippen MR) is 57.0 cm³/mol. The van der Waals surface area contributed by atoms with E-state index in [4.69, 9.17) is 9.47 Å². The molecule has 2 nitrogen and oxygen atoms in total. The molecular formula is C12H17O2. The smallest absolute Gasteiger partial charge is 0.163 e. The van der Waals surface area contributed by atoms with Gasteiger partial charge in [-0.3, -0.25) is 0 Å². The highest BCUT2D eigenvalue weighted by Gasteiger charge is 2.08. The summed E-state index contributed by atoms with van der Waals surface area (Å²) < 4.78 is 10.5. The fraction of sp³-hybridized carbons (Fsp3) is 0.500. The van der Waals surface area contributed by atoms with Crippen LogP contribution in [-0.2, 0) is 6.42 Å². The molecule has 0 N–H and O–H groups in total. The van der Waals surface area contributed by atoms with Crippen LogP contribution in [0.25, 0.3) is 0 Å². The first-order valence-electron chi connectivity index (χ1n) is 4.94. The van der Waals surface area contributed by atoms with Crippen molar-refractivity contribution in [2.45, 2.75) is 26.2 Å². The Kier molecular flexibility index (Phi) is 4.30. The molecular weight excluding hydrogens is 176 g/mol. The Labute approximate surface area is 85.8 Å². The normalized spacial score (nSPS) is 9.93. The number of rotatable bonds is 5. The van der Waals surface area contributed by atoms with Crippen molar-refractivity contribution in [3.05, 3.63) is 23.8 Å². The number of aryl methyl sites for hydroxylation is 1. The molecule has 0 heterocycles. The minimum atomic E-state index is 0.765. The molecule has 1 radical (unpaired) electrons. The van der Waals surface area contributed by atoms with Gasteiger partial charge in [0.1, 0.15) is 0 Å². The third-order valence-corrected chi connectivity index (χ3v) is 2.21. The molecule has 0 aliphatic rings. The average Bonchev–Trinajstić information content (AvgIpc) is 2.25. The van der Waals surface area contributed by atoms with Gasteiger partial charge in [0.2, 0.25) is 0 Å². The molecule has 1 aromatic carbocycles. The van der Waals surface area contributed by atoms with Crippen LogP contribution < -0.4 is 9.47 Å². The molecule has 0 saturated heterocycles. The van der Waals surface area contributed by atoms with Crippen molar-refractivity contribution >= 4 is 0 Å². The van der Waals surface area contributed by atoms with E-state index >= 15 is 0 Å². The molecule has 0 unspecified atom stereocenters. The van der Waals surface area contributed by atoms with E-state index in [0.717, 1.165) is 24.3 Å². The van der Waals surface area contributed by atoms with Gasteiger partial charge in [0.05, 0.1) is 14.2 Å². The summed E-state index contributed by atoms with van der Waals surface area (Å²) in [5.74, 6) is 1.61. The Morgan fingerprint density at radius 2 is 2.00 bits per heavy atom. The highest BCUT2D eigenvalue weighted by molar-refractivity contribution is 5.46. The first-order chi connectivity index (χ1) is 6.83. The van der Waals surface area contributed by atoms with Gasteiger partial charge in [-0.1, -0.05) is 13.3 Å². The Balaban J connectivity index is 2.90. The van der Waals surface area contributed by atoms with Crippen LogP contribution in [0, 0.1) is 6.07 Å². The Morgan fingerprint density at radius 3 is 2.57 bits per heavy atom. The molecule has 0 fully saturated rings. The average molecular weight is 193 g/mol. The van der Waals surface area contributed by atoms with Crippen LogP contribution in [0.5, 0.6) is 11.5 Å². The molecule has 0 amide bonds. The topological polar surface area (TPSA) is 18.5 Å². The Bertz CT molecular complexity index is 282. The van der Waals surface area contributed by atoms with Crippen LogP contribution >= 0.6 is 0 Å². The van der Waals surface area contributed by atoms with E-state index in [9.17, 15) is 0 Å². The van der Waals surface area contributed by atoms with Gasteiger partial charge in [-0.15, -0.1) is 0 Å². The molecule has 0 atom stereocenters. The predicted octanol–water partition coefficient (Wildman–Crippen LogP) is 2.85. The molecule has 0 saturated carbocycles. The van der Waals surface area contributed by atoms with E-state index in [2.05, 4.69) is 13.0 Å². The zero-order chi connectivity index (χ0) is 10.4. The van der Waals surface area contributed by atoms with Gasteiger partial charge in [0.25, 0.3) is 0 Å². The van der Waals surface area contributed by atoms with Gasteiger partial charge >= 0.3 is 0 Å². The largest absolute Gasteiger partial charge is 0.493 e. The van der Waals surface area contributed by atoms with Gasteiger partial charge in [-0.2, -0.15) is 0 Å². The van der Waals surface area contributed by atoms with Gasteiger partial charge in [0.15, 0.2) is 11.5 Å². The lowest BCUT2D eigenvalue weighted by molar-refractivity contribution is 0.351. The van der Waals surface area contributed by atoms with Crippen molar-refractivity contribution in [2.75, 3.05) is 14.2 Å². The van der Waals surface area contributed by atoms with Crippen LogP contribution in [-0.4, -0.2) is 14.2 Å². The third kappa shape index (κ3) is 2.41. The summed E-state index contributed by atoms with van der Waals surface area (Å²) in [5.41, 5.74) is 1.17. The number of unbranched alkanes of at least 4 members (excludes halogenated alkanes) is 1. The van der Waals surface area contributed by atoms with Crippen molar-refractivity contribution in [3.63, 3.8) is 0 Å². The third-order valence-electron chi connectivity index (χ3n) is 2.21. The number of ether oxygens (including phenoxy) is 2. The highest BCUT2D eigenvalue weighted by Crippen LogP contribution is 2.31. The van der Waals surface area contributed by atoms with Crippen LogP contribution in [0.3, 0.4) is 0 Å². The monoisotopic (exact) mass is 193 g/mol. The minimum absolute atomic E-state index is 0.765. The highest BCUT2D eigenvalue weighted by atomic mass is 16.5. The maximum absolute atomic E-state index is 5.32. The van der Waals surface area contributed by atoms with Crippen molar-refractivity contribution in [1.82, 2.24) is 0 Å². The molecule has 0 aromatic heterocycles. The molecule has 14 heavy (non-hydrogen) atoms. The second kappa shape index (κ2) is 5.53. The second-order valence-corrected chi connectivity index (χ2v) is 3.19. The molecule has 0 aliphatic heterocycles. The zero-order valence-corrected chi connectivity index (χ0v) is 9.09. The van der Waals surface area contributed by atoms with Gasteiger partial charge in [0, 0.05) is 0 Å². The Hall–Kier alpha value is -1.18. The summed E-state index contributed by atoms with van der Waals surface area (Å²) in [5, 5.41) is 0. The number of hydrogen-bond acceptors (Lipinski definition) is 2. The van der Waals surface area contributed by atoms with E-state index in [-0.39, 0.29) is 0 Å². The summed E-state index contributed by atoms with van der Waals surface area (Å²) in [6.07, 6.45) is 3.37. The van der Waals surface area contributed by atoms with E-state index < -0.39 is 0 Å². The van der Waals surface area contributed by atoms with E-state index in [1.807, 2.05) is 6.07 Å². The lowest BCUT2D eigenvalue weighted by Crippen LogP contribution is -1.96. The summed E-state index contributed by atoms with van der Waals surface area (Å²) in [7, 11) is 3.32. The van der Waals surface area contributed by atoms with E-state index in [1.165, 1.54) is 12.0 Å². The standard InChI is InChI=1S/C12H17O2/c1-4-5-7-10-8-6-9-11(13-2)12(10)14-3/h8-9H,4-5,7H2,1-3H3. The van der Waals surface area contributed by atoms with Crippen molar-refractivity contribution < 1.29 is 9.47 Å². The second-order valence-electron chi connectivity index (χ2n) is 3.19. The summed E-state index contributed by atoms with van der Waals surface area (Å²) in [6, 6.07) is 6.83. The minimum Gasteiger partial charge on any atom is -0.493 e. The fourth-order valence-corrected chi connectivity index (χ4v) is 1.44. The van der Waals surface area contributed by atoms with Crippen molar-refractivity contribution in [3.8, 4) is 11.5 Å². The van der Waals surface area contributed by atoms with Crippen LogP contribution in [0.1, 0.15) is 25.3 Å². The van der Waals surface area contributed by atoms with Gasteiger partial charge in [-0.05, 0) is 36.6 Å². The summed E-state index contributed by atoms with van der Waals surface area (Å²) in [6.45, 7) is 2.18. The lowest BCUT2D eigenvalue weighted by atomic mass is 10.1. The molecule has 0 spiro atoms. The van der Waals surface area contributed by atoms with E-state index in [0.29, 0.717) is 0 Å². The number of methoxy groups -OCH3 is 2. The van der Waals surface area contributed by atoms with Crippen molar-refractivity contribution in [1.29, 1.82) is 0 Å². The SMILES string of the molecule is CCCCc1c[c]cc(OC)c1OC. The number of benzene rings is 1. The maximum Gasteiger partial charge on any atom is 0.163 e. The quantitative estimate of drug-likeness (QED) is 0.716. The first-order valence-corrected chi connectivity index (χ1v) is 4.94. The zero-order valence-electron chi connectivity index (χ0n) is 9.09. The Morgan fingerprint density at radius 1 is 1.21 bits per heavy atom. The number of hydrogen-bond donors (Lipinski definition) is 0. The van der Waals surface area contributed by atoms with Gasteiger partial charge in [-0.25, -0.2) is 0 Å².